The summed E-state index contributed by atoms with van der Waals surface area (Å²) in [6.07, 6.45) is 0.818. The number of hydrogen-bond donors (Lipinski definition) is 0. The molecule has 0 aliphatic heterocycles. The van der Waals surface area contributed by atoms with Crippen LogP contribution in [0.25, 0.3) is 11.1 Å². The van der Waals surface area contributed by atoms with Crippen LogP contribution in [0.3, 0.4) is 0 Å². The molecule has 0 spiro atoms. The van der Waals surface area contributed by atoms with Crippen LogP contribution in [0.1, 0.15) is 15.9 Å². The van der Waals surface area contributed by atoms with Crippen molar-refractivity contribution in [1.82, 2.24) is 0 Å². The SMILES string of the molecule is COc1ccc(-c2cc(C)c(OC)c(C=O)c2)cc1. The van der Waals surface area contributed by atoms with Gasteiger partial charge in [-0.1, -0.05) is 12.1 Å². The highest BCUT2D eigenvalue weighted by Gasteiger charge is 2.09. The molecule has 0 amide bonds. The summed E-state index contributed by atoms with van der Waals surface area (Å²) in [6.45, 7) is 1.93. The molecule has 0 bridgehead atoms. The second-order valence-corrected chi connectivity index (χ2v) is 4.26. The molecule has 19 heavy (non-hydrogen) atoms. The van der Waals surface area contributed by atoms with E-state index in [0.29, 0.717) is 11.3 Å². The molecule has 3 nitrogen and oxygen atoms in total. The molecule has 0 unspecified atom stereocenters. The van der Waals surface area contributed by atoms with E-state index in [0.717, 1.165) is 28.7 Å². The minimum atomic E-state index is 0.563. The lowest BCUT2D eigenvalue weighted by Crippen LogP contribution is -1.95. The molecule has 0 aromatic heterocycles. The summed E-state index contributed by atoms with van der Waals surface area (Å²) < 4.78 is 10.4. The van der Waals surface area contributed by atoms with E-state index in [9.17, 15) is 4.79 Å². The van der Waals surface area contributed by atoms with Crippen LogP contribution < -0.4 is 9.47 Å². The lowest BCUT2D eigenvalue weighted by atomic mass is 9.99. The fraction of sp³-hybridized carbons (Fsp3) is 0.188. The van der Waals surface area contributed by atoms with Crippen molar-refractivity contribution in [2.45, 2.75) is 6.92 Å². The molecule has 0 fully saturated rings. The Morgan fingerprint density at radius 1 is 0.947 bits per heavy atom. The number of rotatable bonds is 4. The average Bonchev–Trinajstić information content (AvgIpc) is 2.46. The van der Waals surface area contributed by atoms with Crippen LogP contribution in [-0.2, 0) is 0 Å². The van der Waals surface area contributed by atoms with E-state index in [-0.39, 0.29) is 0 Å². The summed E-state index contributed by atoms with van der Waals surface area (Å²) in [4.78, 5) is 11.1. The predicted molar refractivity (Wildman–Crippen MR) is 75.1 cm³/mol. The first-order chi connectivity index (χ1) is 9.19. The fourth-order valence-electron chi connectivity index (χ4n) is 2.12. The van der Waals surface area contributed by atoms with E-state index in [2.05, 4.69) is 0 Å². The molecule has 98 valence electrons. The van der Waals surface area contributed by atoms with Gasteiger partial charge in [-0.2, -0.15) is 0 Å². The van der Waals surface area contributed by atoms with Crippen LogP contribution in [0, 0.1) is 6.92 Å². The standard InChI is InChI=1S/C16H16O3/c1-11-8-13(9-14(10-17)16(11)19-3)12-4-6-15(18-2)7-5-12/h4-10H,1-3H3. The lowest BCUT2D eigenvalue weighted by Gasteiger charge is -2.11. The second kappa shape index (κ2) is 5.57. The van der Waals surface area contributed by atoms with Crippen molar-refractivity contribution in [2.24, 2.45) is 0 Å². The highest BCUT2D eigenvalue weighted by atomic mass is 16.5. The first kappa shape index (κ1) is 13.1. The summed E-state index contributed by atoms with van der Waals surface area (Å²) in [6, 6.07) is 11.6. The number of hydrogen-bond acceptors (Lipinski definition) is 3. The third kappa shape index (κ3) is 2.60. The molecule has 2 aromatic rings. The third-order valence-corrected chi connectivity index (χ3v) is 3.06. The number of ether oxygens (including phenoxy) is 2. The Morgan fingerprint density at radius 3 is 2.16 bits per heavy atom. The zero-order valence-electron chi connectivity index (χ0n) is 11.3. The molecule has 0 aliphatic carbocycles. The summed E-state index contributed by atoms with van der Waals surface area (Å²) >= 11 is 0. The van der Waals surface area contributed by atoms with E-state index >= 15 is 0 Å². The van der Waals surface area contributed by atoms with Gasteiger partial charge in [0.1, 0.15) is 11.5 Å². The quantitative estimate of drug-likeness (QED) is 0.785. The molecule has 0 saturated heterocycles. The summed E-state index contributed by atoms with van der Waals surface area (Å²) in [5, 5.41) is 0. The Hall–Kier alpha value is -2.29. The fourth-order valence-corrected chi connectivity index (χ4v) is 2.12. The van der Waals surface area contributed by atoms with Crippen molar-refractivity contribution in [2.75, 3.05) is 14.2 Å². The lowest BCUT2D eigenvalue weighted by molar-refractivity contribution is 0.112. The zero-order valence-corrected chi connectivity index (χ0v) is 11.3. The number of benzene rings is 2. The average molecular weight is 256 g/mol. The summed E-state index contributed by atoms with van der Waals surface area (Å²) in [5.74, 6) is 1.44. The van der Waals surface area contributed by atoms with E-state index in [4.69, 9.17) is 9.47 Å². The van der Waals surface area contributed by atoms with Crippen LogP contribution in [-0.4, -0.2) is 20.5 Å². The van der Waals surface area contributed by atoms with Crippen LogP contribution >= 0.6 is 0 Å². The predicted octanol–water partition coefficient (Wildman–Crippen LogP) is 3.49. The van der Waals surface area contributed by atoms with Gasteiger partial charge >= 0.3 is 0 Å². The van der Waals surface area contributed by atoms with Crippen molar-refractivity contribution in [3.05, 3.63) is 47.5 Å². The monoisotopic (exact) mass is 256 g/mol. The molecule has 0 aliphatic rings. The van der Waals surface area contributed by atoms with Crippen LogP contribution in [0.15, 0.2) is 36.4 Å². The van der Waals surface area contributed by atoms with Gasteiger partial charge in [0.25, 0.3) is 0 Å². The summed E-state index contributed by atoms with van der Waals surface area (Å²) in [5.41, 5.74) is 3.53. The van der Waals surface area contributed by atoms with Crippen molar-refractivity contribution in [1.29, 1.82) is 0 Å². The van der Waals surface area contributed by atoms with Crippen LogP contribution in [0.5, 0.6) is 11.5 Å². The van der Waals surface area contributed by atoms with Gasteiger partial charge in [-0.3, -0.25) is 4.79 Å². The van der Waals surface area contributed by atoms with E-state index in [1.54, 1.807) is 14.2 Å². The van der Waals surface area contributed by atoms with Gasteiger partial charge in [-0.15, -0.1) is 0 Å². The van der Waals surface area contributed by atoms with E-state index in [1.807, 2.05) is 43.3 Å². The molecule has 0 heterocycles. The molecule has 2 rings (SSSR count). The minimum Gasteiger partial charge on any atom is -0.497 e. The molecule has 0 atom stereocenters. The maximum atomic E-state index is 11.1. The van der Waals surface area contributed by atoms with Crippen LogP contribution in [0.2, 0.25) is 0 Å². The highest BCUT2D eigenvalue weighted by molar-refractivity contribution is 5.84. The van der Waals surface area contributed by atoms with Gasteiger partial charge < -0.3 is 9.47 Å². The normalized spacial score (nSPS) is 10.1. The van der Waals surface area contributed by atoms with E-state index in [1.165, 1.54) is 0 Å². The number of methoxy groups -OCH3 is 2. The van der Waals surface area contributed by atoms with Gasteiger partial charge in [0.05, 0.1) is 19.8 Å². The van der Waals surface area contributed by atoms with Gasteiger partial charge in [0.2, 0.25) is 0 Å². The molecule has 0 radical (unpaired) electrons. The minimum absolute atomic E-state index is 0.563. The molecule has 0 N–H and O–H groups in total. The number of carbonyl (C=O) groups excluding carboxylic acids is 1. The largest absolute Gasteiger partial charge is 0.497 e. The van der Waals surface area contributed by atoms with Crippen LogP contribution in [0.4, 0.5) is 0 Å². The zero-order chi connectivity index (χ0) is 13.8. The number of aldehydes is 1. The smallest absolute Gasteiger partial charge is 0.153 e. The van der Waals surface area contributed by atoms with Gasteiger partial charge in [0, 0.05) is 0 Å². The Kier molecular flexibility index (Phi) is 3.85. The van der Waals surface area contributed by atoms with E-state index < -0.39 is 0 Å². The Balaban J connectivity index is 2.49. The van der Waals surface area contributed by atoms with Crippen molar-refractivity contribution in [3.63, 3.8) is 0 Å². The van der Waals surface area contributed by atoms with Gasteiger partial charge in [0.15, 0.2) is 6.29 Å². The Bertz CT molecular complexity index is 586. The molecular formula is C16H16O3. The number of carbonyl (C=O) groups is 1. The van der Waals surface area contributed by atoms with Crippen molar-refractivity contribution >= 4 is 6.29 Å². The first-order valence-electron chi connectivity index (χ1n) is 5.98. The summed E-state index contributed by atoms with van der Waals surface area (Å²) in [7, 11) is 3.21. The number of aryl methyl sites for hydroxylation is 1. The Labute approximate surface area is 112 Å². The first-order valence-corrected chi connectivity index (χ1v) is 5.98. The van der Waals surface area contributed by atoms with Crippen molar-refractivity contribution < 1.29 is 14.3 Å². The van der Waals surface area contributed by atoms with Gasteiger partial charge in [-0.05, 0) is 47.9 Å². The highest BCUT2D eigenvalue weighted by Crippen LogP contribution is 2.30. The second-order valence-electron chi connectivity index (χ2n) is 4.26. The third-order valence-electron chi connectivity index (χ3n) is 3.06. The maximum Gasteiger partial charge on any atom is 0.153 e. The molecule has 0 saturated carbocycles. The van der Waals surface area contributed by atoms with Gasteiger partial charge in [-0.25, -0.2) is 0 Å². The maximum absolute atomic E-state index is 11.1. The van der Waals surface area contributed by atoms with Crippen molar-refractivity contribution in [3.8, 4) is 22.6 Å². The topological polar surface area (TPSA) is 35.5 Å². The Morgan fingerprint density at radius 2 is 1.63 bits per heavy atom. The molecular weight excluding hydrogens is 240 g/mol. The molecule has 3 heteroatoms. The molecule has 2 aromatic carbocycles.